The summed E-state index contributed by atoms with van der Waals surface area (Å²) in [7, 11) is 0. The van der Waals surface area contributed by atoms with Crippen LogP contribution in [0.25, 0.3) is 4.85 Å². The first kappa shape index (κ1) is 25.1. The first-order valence-corrected chi connectivity index (χ1v) is 14.3. The van der Waals surface area contributed by atoms with Crippen LogP contribution in [0.3, 0.4) is 0 Å². The van der Waals surface area contributed by atoms with Gasteiger partial charge in [0.15, 0.2) is 17.2 Å². The zero-order valence-electron chi connectivity index (χ0n) is 23.5. The van der Waals surface area contributed by atoms with Gasteiger partial charge < -0.3 is 9.53 Å². The molecule has 6 aliphatic rings. The normalized spacial score (nSPS) is 51.5. The number of ether oxygens (including phenoxy) is 1. The number of nitrogens with zero attached hydrogens (tertiary/aromatic N) is 1. The van der Waals surface area contributed by atoms with Gasteiger partial charge in [-0.2, -0.15) is 0 Å². The lowest BCUT2D eigenvalue weighted by molar-refractivity contribution is -0.206. The number of carbonyl (C=O) groups is 3. The molecule has 0 amide bonds. The van der Waals surface area contributed by atoms with Crippen LogP contribution in [0.15, 0.2) is 23.4 Å². The molecule has 0 unspecified atom stereocenters. The third-order valence-corrected chi connectivity index (χ3v) is 13.2. The van der Waals surface area contributed by atoms with Crippen LogP contribution in [0, 0.1) is 50.9 Å². The highest BCUT2D eigenvalue weighted by atomic mass is 16.6. The van der Waals surface area contributed by atoms with Crippen molar-refractivity contribution < 1.29 is 19.1 Å². The van der Waals surface area contributed by atoms with E-state index in [0.717, 1.165) is 50.5 Å². The molecular weight excluding hydrogens is 462 g/mol. The van der Waals surface area contributed by atoms with E-state index in [0.29, 0.717) is 6.42 Å². The highest BCUT2D eigenvalue weighted by molar-refractivity contribution is 6.06. The SMILES string of the molecule is [C-]#[N+]C1=C[C@]2(C)C3=CC(=O)[C@]45OC(=O)[C@@]6(CCC(C)(C)C[C@H]64)CC[C@@]5(C)[C@]3(C)CC[C@H]2[C@](C)(CC)C1=O. The number of Topliss-reactive ketones (excluding diaryl/α,β-unsaturated/α-hetero) is 1. The van der Waals surface area contributed by atoms with Crippen molar-refractivity contribution >= 4 is 17.5 Å². The van der Waals surface area contributed by atoms with Crippen molar-refractivity contribution in [3.63, 3.8) is 0 Å². The molecule has 1 spiro atoms. The predicted molar refractivity (Wildman–Crippen MR) is 140 cm³/mol. The number of carbonyl (C=O) groups excluding carboxylic acids is 3. The van der Waals surface area contributed by atoms with E-state index in [9.17, 15) is 14.4 Å². The molecule has 6 rings (SSSR count). The first-order valence-electron chi connectivity index (χ1n) is 14.3. The Morgan fingerprint density at radius 2 is 1.65 bits per heavy atom. The standard InChI is InChI=1S/C32H41NO4/c1-9-27(4)20-10-11-29(6)21(28(20,5)17-19(33-8)24(27)35)16-23(34)32-22-18-26(2,3)12-14-31(22,25(36)37-32)15-13-30(29,32)7/h16-17,20,22H,9-15,18H2,1-7H3/t20-,22+,27-,28-,29+,30-,31-,32+/m0/s1. The summed E-state index contributed by atoms with van der Waals surface area (Å²) in [6, 6.07) is 0. The molecule has 1 aliphatic heterocycles. The third-order valence-electron chi connectivity index (χ3n) is 13.2. The van der Waals surface area contributed by atoms with E-state index in [1.54, 1.807) is 0 Å². The van der Waals surface area contributed by atoms with Crippen LogP contribution < -0.4 is 0 Å². The zero-order valence-corrected chi connectivity index (χ0v) is 23.5. The van der Waals surface area contributed by atoms with E-state index >= 15 is 0 Å². The minimum atomic E-state index is -1.13. The Hall–Kier alpha value is -2.22. The first-order chi connectivity index (χ1) is 17.1. The second-order valence-corrected chi connectivity index (χ2v) is 14.9. The predicted octanol–water partition coefficient (Wildman–Crippen LogP) is 6.63. The second-order valence-electron chi connectivity index (χ2n) is 14.9. The molecule has 1 saturated heterocycles. The van der Waals surface area contributed by atoms with Crippen LogP contribution in [0.5, 0.6) is 0 Å². The van der Waals surface area contributed by atoms with Crippen LogP contribution in [0.1, 0.15) is 99.8 Å². The summed E-state index contributed by atoms with van der Waals surface area (Å²) in [5, 5.41) is 0. The van der Waals surface area contributed by atoms with Crippen LogP contribution in [0.2, 0.25) is 0 Å². The lowest BCUT2D eigenvalue weighted by Crippen LogP contribution is -2.71. The molecule has 3 saturated carbocycles. The molecule has 0 aromatic rings. The second kappa shape index (κ2) is 6.85. The maximum absolute atomic E-state index is 14.6. The molecular formula is C32H41NO4. The number of esters is 1. The fourth-order valence-electron chi connectivity index (χ4n) is 10.6. The molecule has 37 heavy (non-hydrogen) atoms. The van der Waals surface area contributed by atoms with Gasteiger partial charge >= 0.3 is 5.97 Å². The fourth-order valence-corrected chi connectivity index (χ4v) is 10.6. The van der Waals surface area contributed by atoms with Crippen molar-refractivity contribution in [3.05, 3.63) is 34.8 Å². The fraction of sp³-hybridized carbons (Fsp3) is 0.750. The Morgan fingerprint density at radius 3 is 2.30 bits per heavy atom. The number of hydrogen-bond donors (Lipinski definition) is 0. The molecule has 0 radical (unpaired) electrons. The summed E-state index contributed by atoms with van der Waals surface area (Å²) in [5.74, 6) is -0.351. The highest BCUT2D eigenvalue weighted by Crippen LogP contribution is 2.78. The summed E-state index contributed by atoms with van der Waals surface area (Å²) < 4.78 is 6.48. The number of fused-ring (bicyclic) bond motifs is 4. The van der Waals surface area contributed by atoms with Crippen molar-refractivity contribution in [3.8, 4) is 0 Å². The topological polar surface area (TPSA) is 64.8 Å². The summed E-state index contributed by atoms with van der Waals surface area (Å²) in [4.78, 5) is 45.4. The highest BCUT2D eigenvalue weighted by Gasteiger charge is 2.82. The van der Waals surface area contributed by atoms with Crippen molar-refractivity contribution in [2.24, 2.45) is 44.3 Å². The Kier molecular flexibility index (Phi) is 4.64. The molecule has 0 aromatic carbocycles. The number of allylic oxidation sites excluding steroid dienone is 3. The quantitative estimate of drug-likeness (QED) is 0.298. The van der Waals surface area contributed by atoms with Crippen molar-refractivity contribution in [1.29, 1.82) is 0 Å². The summed E-state index contributed by atoms with van der Waals surface area (Å²) in [6.07, 6.45) is 10.2. The van der Waals surface area contributed by atoms with E-state index in [2.05, 4.69) is 39.5 Å². The molecule has 5 nitrogen and oxygen atoms in total. The van der Waals surface area contributed by atoms with Gasteiger partial charge in [0.25, 0.3) is 0 Å². The van der Waals surface area contributed by atoms with Gasteiger partial charge in [0, 0.05) is 22.2 Å². The molecule has 198 valence electrons. The molecule has 0 aromatic heterocycles. The van der Waals surface area contributed by atoms with Crippen LogP contribution in [-0.2, 0) is 19.1 Å². The van der Waals surface area contributed by atoms with Crippen LogP contribution in [-0.4, -0.2) is 23.1 Å². The van der Waals surface area contributed by atoms with Crippen molar-refractivity contribution in [1.82, 2.24) is 0 Å². The Balaban J connectivity index is 1.60. The summed E-state index contributed by atoms with van der Waals surface area (Å²) in [6.45, 7) is 23.0. The molecule has 2 bridgehead atoms. The van der Waals surface area contributed by atoms with Crippen molar-refractivity contribution in [2.45, 2.75) is 105 Å². The molecule has 4 fully saturated rings. The van der Waals surface area contributed by atoms with Gasteiger partial charge in [-0.05, 0) is 74.2 Å². The Labute approximate surface area is 221 Å². The number of ketones is 2. The van der Waals surface area contributed by atoms with E-state index in [-0.39, 0.29) is 45.9 Å². The summed E-state index contributed by atoms with van der Waals surface area (Å²) in [5.41, 5.74) is -2.50. The van der Waals surface area contributed by atoms with Gasteiger partial charge in [0.1, 0.15) is 0 Å². The molecule has 5 heteroatoms. The van der Waals surface area contributed by atoms with Gasteiger partial charge in [-0.1, -0.05) is 60.1 Å². The minimum Gasteiger partial charge on any atom is -0.449 e. The van der Waals surface area contributed by atoms with E-state index in [1.807, 2.05) is 26.0 Å². The summed E-state index contributed by atoms with van der Waals surface area (Å²) >= 11 is 0. The van der Waals surface area contributed by atoms with Gasteiger partial charge in [-0.25, -0.2) is 4.85 Å². The van der Waals surface area contributed by atoms with Gasteiger partial charge in [0.2, 0.25) is 5.70 Å². The molecule has 8 atom stereocenters. The maximum atomic E-state index is 14.6. The van der Waals surface area contributed by atoms with Crippen molar-refractivity contribution in [2.75, 3.05) is 0 Å². The van der Waals surface area contributed by atoms with Gasteiger partial charge in [-0.15, -0.1) is 0 Å². The molecule has 5 aliphatic carbocycles. The van der Waals surface area contributed by atoms with Gasteiger partial charge in [0.05, 0.1) is 12.0 Å². The Bertz CT molecular complexity index is 1270. The largest absolute Gasteiger partial charge is 0.449 e. The lowest BCUT2D eigenvalue weighted by Gasteiger charge is -2.69. The smallest absolute Gasteiger partial charge is 0.313 e. The average molecular weight is 504 g/mol. The maximum Gasteiger partial charge on any atom is 0.313 e. The van der Waals surface area contributed by atoms with Crippen LogP contribution in [0.4, 0.5) is 0 Å². The average Bonchev–Trinajstić information content (AvgIpc) is 3.03. The van der Waals surface area contributed by atoms with E-state index < -0.39 is 27.3 Å². The molecule has 1 heterocycles. The number of rotatable bonds is 1. The van der Waals surface area contributed by atoms with E-state index in [4.69, 9.17) is 11.3 Å². The van der Waals surface area contributed by atoms with Gasteiger partial charge in [-0.3, -0.25) is 9.59 Å². The third kappa shape index (κ3) is 2.46. The zero-order chi connectivity index (χ0) is 27.0. The van der Waals surface area contributed by atoms with E-state index in [1.165, 1.54) is 0 Å². The van der Waals surface area contributed by atoms with Crippen LogP contribution >= 0.6 is 0 Å². The number of hydrogen-bond acceptors (Lipinski definition) is 4. The Morgan fingerprint density at radius 1 is 0.973 bits per heavy atom. The minimum absolute atomic E-state index is 0.0233. The molecule has 0 N–H and O–H groups in total. The lowest BCUT2D eigenvalue weighted by atomic mass is 9.33. The monoisotopic (exact) mass is 503 g/mol.